The number of rotatable bonds is 2. The summed E-state index contributed by atoms with van der Waals surface area (Å²) in [4.78, 5) is 10.1. The zero-order chi connectivity index (χ0) is 20.8. The Morgan fingerprint density at radius 2 is 1.26 bits per heavy atom. The molecule has 0 aliphatic rings. The Labute approximate surface area is 188 Å². The number of benzene rings is 4. The second kappa shape index (κ2) is 7.29. The van der Waals surface area contributed by atoms with E-state index in [2.05, 4.69) is 101 Å². The summed E-state index contributed by atoms with van der Waals surface area (Å²) in [7, 11) is 0. The van der Waals surface area contributed by atoms with E-state index in [9.17, 15) is 0 Å². The van der Waals surface area contributed by atoms with E-state index in [0.717, 1.165) is 48.4 Å². The SMILES string of the molecule is Brc1ccc(-c2ccc3ccc4c(-c5ccccc5)c5ccccc5nc4c3n2)cc1. The van der Waals surface area contributed by atoms with Crippen molar-refractivity contribution in [2.45, 2.75) is 0 Å². The molecule has 6 rings (SSSR count). The van der Waals surface area contributed by atoms with Gasteiger partial charge >= 0.3 is 0 Å². The van der Waals surface area contributed by atoms with Gasteiger partial charge in [0.2, 0.25) is 0 Å². The normalized spacial score (nSPS) is 11.4. The quantitative estimate of drug-likeness (QED) is 0.193. The lowest BCUT2D eigenvalue weighted by atomic mass is 9.95. The first kappa shape index (κ1) is 18.2. The van der Waals surface area contributed by atoms with Crippen LogP contribution in [-0.4, -0.2) is 9.97 Å². The van der Waals surface area contributed by atoms with Crippen molar-refractivity contribution in [2.24, 2.45) is 0 Å². The lowest BCUT2D eigenvalue weighted by molar-refractivity contribution is 1.39. The van der Waals surface area contributed by atoms with E-state index in [1.54, 1.807) is 0 Å². The maximum Gasteiger partial charge on any atom is 0.0978 e. The van der Waals surface area contributed by atoms with Crippen LogP contribution in [0.15, 0.2) is 108 Å². The largest absolute Gasteiger partial charge is 0.245 e. The van der Waals surface area contributed by atoms with Gasteiger partial charge in [-0.25, -0.2) is 9.97 Å². The van der Waals surface area contributed by atoms with Crippen LogP contribution < -0.4 is 0 Å². The number of nitrogens with zero attached hydrogens (tertiary/aromatic N) is 2. The number of fused-ring (bicyclic) bond motifs is 4. The Hall–Kier alpha value is -3.56. The molecular weight excluding hydrogens is 444 g/mol. The highest BCUT2D eigenvalue weighted by Crippen LogP contribution is 2.37. The van der Waals surface area contributed by atoms with Gasteiger partial charge in [0.15, 0.2) is 0 Å². The molecule has 146 valence electrons. The summed E-state index contributed by atoms with van der Waals surface area (Å²) in [6.07, 6.45) is 0. The molecule has 6 aromatic rings. The van der Waals surface area contributed by atoms with Crippen LogP contribution in [0.5, 0.6) is 0 Å². The van der Waals surface area contributed by atoms with Crippen molar-refractivity contribution >= 4 is 48.6 Å². The second-order valence-electron chi connectivity index (χ2n) is 7.61. The first-order valence-electron chi connectivity index (χ1n) is 10.2. The van der Waals surface area contributed by atoms with Crippen molar-refractivity contribution in [1.82, 2.24) is 9.97 Å². The van der Waals surface area contributed by atoms with E-state index in [-0.39, 0.29) is 0 Å². The van der Waals surface area contributed by atoms with Crippen molar-refractivity contribution in [3.8, 4) is 22.4 Å². The molecule has 0 aliphatic carbocycles. The lowest BCUT2D eigenvalue weighted by Gasteiger charge is -2.13. The Bertz CT molecular complexity index is 1570. The third kappa shape index (κ3) is 3.09. The molecule has 31 heavy (non-hydrogen) atoms. The molecule has 3 heteroatoms. The van der Waals surface area contributed by atoms with Crippen molar-refractivity contribution in [1.29, 1.82) is 0 Å². The molecule has 0 spiro atoms. The summed E-state index contributed by atoms with van der Waals surface area (Å²) < 4.78 is 1.06. The van der Waals surface area contributed by atoms with Crippen LogP contribution in [0.1, 0.15) is 0 Å². The molecule has 4 aromatic carbocycles. The summed E-state index contributed by atoms with van der Waals surface area (Å²) in [5.41, 5.74) is 7.29. The highest BCUT2D eigenvalue weighted by atomic mass is 79.9. The summed E-state index contributed by atoms with van der Waals surface area (Å²) >= 11 is 3.51. The fraction of sp³-hybridized carbons (Fsp3) is 0. The predicted octanol–water partition coefficient (Wildman–Crippen LogP) is 8.03. The van der Waals surface area contributed by atoms with Gasteiger partial charge in [-0.2, -0.15) is 0 Å². The van der Waals surface area contributed by atoms with Crippen molar-refractivity contribution in [2.75, 3.05) is 0 Å². The summed E-state index contributed by atoms with van der Waals surface area (Å²) in [5.74, 6) is 0. The summed E-state index contributed by atoms with van der Waals surface area (Å²) in [6.45, 7) is 0. The minimum atomic E-state index is 0.931. The van der Waals surface area contributed by atoms with Crippen LogP contribution in [0.2, 0.25) is 0 Å². The number of para-hydroxylation sites is 1. The number of halogens is 1. The topological polar surface area (TPSA) is 25.8 Å². The smallest absolute Gasteiger partial charge is 0.0978 e. The molecule has 0 aliphatic heterocycles. The van der Waals surface area contributed by atoms with Gasteiger partial charge in [-0.05, 0) is 29.8 Å². The molecule has 2 heterocycles. The molecule has 0 saturated heterocycles. The number of hydrogen-bond donors (Lipinski definition) is 0. The molecular formula is C28H17BrN2. The molecule has 0 fully saturated rings. The van der Waals surface area contributed by atoms with Gasteiger partial charge in [0.05, 0.1) is 22.2 Å². The highest BCUT2D eigenvalue weighted by molar-refractivity contribution is 9.10. The number of aromatic nitrogens is 2. The molecule has 0 bridgehead atoms. The maximum atomic E-state index is 5.07. The van der Waals surface area contributed by atoms with E-state index in [1.165, 1.54) is 11.1 Å². The Balaban J connectivity index is 1.72. The van der Waals surface area contributed by atoms with E-state index >= 15 is 0 Å². The van der Waals surface area contributed by atoms with E-state index in [0.29, 0.717) is 0 Å². The average Bonchev–Trinajstić information content (AvgIpc) is 2.83. The third-order valence-corrected chi connectivity index (χ3v) is 6.24. The van der Waals surface area contributed by atoms with E-state index in [4.69, 9.17) is 9.97 Å². The maximum absolute atomic E-state index is 5.07. The monoisotopic (exact) mass is 460 g/mol. The average molecular weight is 461 g/mol. The van der Waals surface area contributed by atoms with Gasteiger partial charge in [0, 0.05) is 31.8 Å². The Morgan fingerprint density at radius 1 is 0.516 bits per heavy atom. The minimum Gasteiger partial charge on any atom is -0.245 e. The first-order valence-corrected chi connectivity index (χ1v) is 11.0. The van der Waals surface area contributed by atoms with Crippen LogP contribution >= 0.6 is 15.9 Å². The molecule has 0 saturated carbocycles. The predicted molar refractivity (Wildman–Crippen MR) is 133 cm³/mol. The van der Waals surface area contributed by atoms with Crippen LogP contribution in [0.25, 0.3) is 55.1 Å². The standard InChI is InChI=1S/C28H17BrN2/c29-21-14-10-18(11-15-21)24-17-13-20-12-16-23-26(19-6-2-1-3-7-19)22-8-4-5-9-25(22)31-28(23)27(20)30-24/h1-17H. The van der Waals surface area contributed by atoms with Crippen molar-refractivity contribution < 1.29 is 0 Å². The molecule has 0 atom stereocenters. The van der Waals surface area contributed by atoms with Crippen LogP contribution in [-0.2, 0) is 0 Å². The minimum absolute atomic E-state index is 0.931. The zero-order valence-corrected chi connectivity index (χ0v) is 18.2. The van der Waals surface area contributed by atoms with Gasteiger partial charge in [-0.3, -0.25) is 0 Å². The second-order valence-corrected chi connectivity index (χ2v) is 8.52. The van der Waals surface area contributed by atoms with Gasteiger partial charge < -0.3 is 0 Å². The number of pyridine rings is 2. The highest BCUT2D eigenvalue weighted by Gasteiger charge is 2.14. The molecule has 2 nitrogen and oxygen atoms in total. The summed E-state index contributed by atoms with van der Waals surface area (Å²) in [5, 5.41) is 3.37. The van der Waals surface area contributed by atoms with Gasteiger partial charge in [-0.15, -0.1) is 0 Å². The van der Waals surface area contributed by atoms with Crippen molar-refractivity contribution in [3.63, 3.8) is 0 Å². The Morgan fingerprint density at radius 3 is 2.10 bits per heavy atom. The molecule has 0 radical (unpaired) electrons. The molecule has 2 aromatic heterocycles. The van der Waals surface area contributed by atoms with E-state index in [1.807, 2.05) is 18.2 Å². The lowest BCUT2D eigenvalue weighted by Crippen LogP contribution is -1.93. The zero-order valence-electron chi connectivity index (χ0n) is 16.6. The van der Waals surface area contributed by atoms with Crippen LogP contribution in [0.4, 0.5) is 0 Å². The third-order valence-electron chi connectivity index (χ3n) is 5.71. The molecule has 0 N–H and O–H groups in total. The van der Waals surface area contributed by atoms with Crippen LogP contribution in [0.3, 0.4) is 0 Å². The fourth-order valence-corrected chi connectivity index (χ4v) is 4.50. The van der Waals surface area contributed by atoms with Gasteiger partial charge in [0.25, 0.3) is 0 Å². The van der Waals surface area contributed by atoms with Crippen LogP contribution in [0, 0.1) is 0 Å². The number of hydrogen-bond acceptors (Lipinski definition) is 2. The molecule has 0 unspecified atom stereocenters. The molecule has 0 amide bonds. The first-order chi connectivity index (χ1) is 15.3. The van der Waals surface area contributed by atoms with Crippen molar-refractivity contribution in [3.05, 3.63) is 108 Å². The van der Waals surface area contributed by atoms with Gasteiger partial charge in [0.1, 0.15) is 0 Å². The van der Waals surface area contributed by atoms with E-state index < -0.39 is 0 Å². The summed E-state index contributed by atoms with van der Waals surface area (Å²) in [6, 6.07) is 35.7. The Kier molecular flexibility index (Phi) is 4.29. The fourth-order valence-electron chi connectivity index (χ4n) is 4.23. The van der Waals surface area contributed by atoms with Gasteiger partial charge in [-0.1, -0.05) is 94.8 Å².